The summed E-state index contributed by atoms with van der Waals surface area (Å²) >= 11 is 6.15. The van der Waals surface area contributed by atoms with Gasteiger partial charge in [0.25, 0.3) is 5.91 Å². The van der Waals surface area contributed by atoms with Crippen LogP contribution in [0.1, 0.15) is 21.7 Å². The van der Waals surface area contributed by atoms with Crippen molar-refractivity contribution in [3.63, 3.8) is 0 Å². The zero-order chi connectivity index (χ0) is 16.4. The zero-order valence-electron chi connectivity index (χ0n) is 12.8. The predicted octanol–water partition coefficient (Wildman–Crippen LogP) is 2.88. The maximum atomic E-state index is 12.4. The normalized spacial score (nSPS) is 10.7. The highest BCUT2D eigenvalue weighted by Gasteiger charge is 2.18. The van der Waals surface area contributed by atoms with Crippen LogP contribution in [0.15, 0.2) is 42.7 Å². The average molecular weight is 330 g/mol. The molecule has 0 saturated carbocycles. The monoisotopic (exact) mass is 329 g/mol. The standard InChI is InChI=1S/C16H16ClN5O/c1-11-14(17)15(21(2)20-11)16(23)19-13-6-3-5-12(9-13)10-22-8-4-7-18-22/h3-9H,10H2,1-2H3,(H,19,23). The van der Waals surface area contributed by atoms with Gasteiger partial charge in [0.05, 0.1) is 17.3 Å². The molecule has 0 fully saturated rings. The van der Waals surface area contributed by atoms with Crippen molar-refractivity contribution in [2.24, 2.45) is 7.05 Å². The largest absolute Gasteiger partial charge is 0.321 e. The Labute approximate surface area is 138 Å². The van der Waals surface area contributed by atoms with Gasteiger partial charge in [-0.3, -0.25) is 14.2 Å². The molecule has 0 saturated heterocycles. The molecule has 1 aromatic carbocycles. The van der Waals surface area contributed by atoms with Crippen molar-refractivity contribution in [2.75, 3.05) is 5.32 Å². The molecule has 6 nitrogen and oxygen atoms in total. The number of aryl methyl sites for hydroxylation is 2. The maximum Gasteiger partial charge on any atom is 0.275 e. The smallest absolute Gasteiger partial charge is 0.275 e. The van der Waals surface area contributed by atoms with Crippen molar-refractivity contribution < 1.29 is 4.79 Å². The summed E-state index contributed by atoms with van der Waals surface area (Å²) in [5.41, 5.74) is 2.72. The van der Waals surface area contributed by atoms with Gasteiger partial charge < -0.3 is 5.32 Å². The molecule has 2 heterocycles. The van der Waals surface area contributed by atoms with Gasteiger partial charge in [-0.05, 0) is 30.7 Å². The number of rotatable bonds is 4. The van der Waals surface area contributed by atoms with Gasteiger partial charge in [0.2, 0.25) is 0 Å². The number of halogens is 1. The van der Waals surface area contributed by atoms with Crippen LogP contribution in [0.25, 0.3) is 0 Å². The summed E-state index contributed by atoms with van der Waals surface area (Å²) in [7, 11) is 1.70. The van der Waals surface area contributed by atoms with E-state index in [2.05, 4.69) is 15.5 Å². The average Bonchev–Trinajstić information content (AvgIpc) is 3.08. The lowest BCUT2D eigenvalue weighted by molar-refractivity contribution is 0.101. The number of benzene rings is 1. The summed E-state index contributed by atoms with van der Waals surface area (Å²) < 4.78 is 3.31. The molecule has 0 atom stereocenters. The van der Waals surface area contributed by atoms with Gasteiger partial charge in [-0.25, -0.2) is 0 Å². The molecule has 3 rings (SSSR count). The van der Waals surface area contributed by atoms with E-state index in [4.69, 9.17) is 11.6 Å². The zero-order valence-corrected chi connectivity index (χ0v) is 13.6. The Kier molecular flexibility index (Phi) is 4.16. The number of nitrogens with zero attached hydrogens (tertiary/aromatic N) is 4. The highest BCUT2D eigenvalue weighted by Crippen LogP contribution is 2.21. The summed E-state index contributed by atoms with van der Waals surface area (Å²) in [6.45, 7) is 2.41. The minimum Gasteiger partial charge on any atom is -0.321 e. The molecule has 0 aliphatic heterocycles. The van der Waals surface area contributed by atoms with Gasteiger partial charge in [-0.15, -0.1) is 0 Å². The van der Waals surface area contributed by atoms with E-state index in [9.17, 15) is 4.79 Å². The van der Waals surface area contributed by atoms with E-state index in [1.54, 1.807) is 20.2 Å². The fraction of sp³-hybridized carbons (Fsp3) is 0.188. The van der Waals surface area contributed by atoms with Crippen molar-refractivity contribution >= 4 is 23.2 Å². The van der Waals surface area contributed by atoms with E-state index in [0.717, 1.165) is 5.56 Å². The lowest BCUT2D eigenvalue weighted by Gasteiger charge is -2.08. The Balaban J connectivity index is 1.78. The first-order chi connectivity index (χ1) is 11.0. The fourth-order valence-electron chi connectivity index (χ4n) is 2.40. The van der Waals surface area contributed by atoms with E-state index >= 15 is 0 Å². The van der Waals surface area contributed by atoms with Crippen molar-refractivity contribution in [3.8, 4) is 0 Å². The van der Waals surface area contributed by atoms with Crippen LogP contribution in [0, 0.1) is 6.92 Å². The summed E-state index contributed by atoms with van der Waals surface area (Å²) in [6.07, 6.45) is 3.63. The van der Waals surface area contributed by atoms with E-state index in [-0.39, 0.29) is 5.91 Å². The lowest BCUT2D eigenvalue weighted by Crippen LogP contribution is -2.16. The first-order valence-electron chi connectivity index (χ1n) is 7.11. The van der Waals surface area contributed by atoms with Crippen molar-refractivity contribution in [2.45, 2.75) is 13.5 Å². The number of hydrogen-bond donors (Lipinski definition) is 1. The third-order valence-electron chi connectivity index (χ3n) is 3.45. The maximum absolute atomic E-state index is 12.4. The molecule has 118 valence electrons. The topological polar surface area (TPSA) is 64.7 Å². The quantitative estimate of drug-likeness (QED) is 0.800. The van der Waals surface area contributed by atoms with Crippen LogP contribution in [0.4, 0.5) is 5.69 Å². The second-order valence-corrected chi connectivity index (χ2v) is 5.61. The van der Waals surface area contributed by atoms with Gasteiger partial charge in [-0.2, -0.15) is 10.2 Å². The van der Waals surface area contributed by atoms with Crippen LogP contribution in [-0.2, 0) is 13.6 Å². The number of carbonyl (C=O) groups excluding carboxylic acids is 1. The van der Waals surface area contributed by atoms with Gasteiger partial charge >= 0.3 is 0 Å². The minimum atomic E-state index is -0.283. The molecule has 0 aliphatic rings. The molecule has 0 bridgehead atoms. The highest BCUT2D eigenvalue weighted by molar-refractivity contribution is 6.34. The molecular weight excluding hydrogens is 314 g/mol. The molecule has 0 unspecified atom stereocenters. The summed E-state index contributed by atoms with van der Waals surface area (Å²) in [5.74, 6) is -0.283. The molecule has 23 heavy (non-hydrogen) atoms. The number of carbonyl (C=O) groups is 1. The van der Waals surface area contributed by atoms with Crippen LogP contribution in [0.5, 0.6) is 0 Å². The first kappa shape index (κ1) is 15.3. The van der Waals surface area contributed by atoms with Crippen LogP contribution >= 0.6 is 11.6 Å². The van der Waals surface area contributed by atoms with E-state index in [1.807, 2.05) is 41.2 Å². The number of aromatic nitrogens is 4. The van der Waals surface area contributed by atoms with Crippen LogP contribution < -0.4 is 5.32 Å². The number of hydrogen-bond acceptors (Lipinski definition) is 3. The minimum absolute atomic E-state index is 0.283. The van der Waals surface area contributed by atoms with Crippen molar-refractivity contribution in [1.29, 1.82) is 0 Å². The molecule has 0 aliphatic carbocycles. The molecule has 2 aromatic heterocycles. The van der Waals surface area contributed by atoms with Crippen LogP contribution in [-0.4, -0.2) is 25.5 Å². The Morgan fingerprint density at radius 3 is 2.83 bits per heavy atom. The Bertz CT molecular complexity index is 838. The number of anilines is 1. The third kappa shape index (κ3) is 3.27. The van der Waals surface area contributed by atoms with Gasteiger partial charge in [0.15, 0.2) is 0 Å². The summed E-state index contributed by atoms with van der Waals surface area (Å²) in [5, 5.41) is 11.6. The molecule has 0 spiro atoms. The second-order valence-electron chi connectivity index (χ2n) is 5.23. The molecular formula is C16H16ClN5O. The highest BCUT2D eigenvalue weighted by atomic mass is 35.5. The number of nitrogens with one attached hydrogen (secondary N) is 1. The van der Waals surface area contributed by atoms with Gasteiger partial charge in [0.1, 0.15) is 5.69 Å². The van der Waals surface area contributed by atoms with E-state index in [0.29, 0.717) is 28.6 Å². The fourth-order valence-corrected chi connectivity index (χ4v) is 2.64. The Morgan fingerprint density at radius 1 is 1.35 bits per heavy atom. The Hall–Kier alpha value is -2.60. The van der Waals surface area contributed by atoms with Gasteiger partial charge in [0, 0.05) is 25.1 Å². The third-order valence-corrected chi connectivity index (χ3v) is 3.91. The van der Waals surface area contributed by atoms with Crippen molar-refractivity contribution in [3.05, 3.63) is 64.7 Å². The molecule has 3 aromatic rings. The Morgan fingerprint density at radius 2 is 2.17 bits per heavy atom. The predicted molar refractivity (Wildman–Crippen MR) is 88.7 cm³/mol. The van der Waals surface area contributed by atoms with Crippen LogP contribution in [0.3, 0.4) is 0 Å². The van der Waals surface area contributed by atoms with E-state index < -0.39 is 0 Å². The molecule has 1 amide bonds. The van der Waals surface area contributed by atoms with Gasteiger partial charge in [-0.1, -0.05) is 23.7 Å². The number of amides is 1. The molecule has 7 heteroatoms. The van der Waals surface area contributed by atoms with E-state index in [1.165, 1.54) is 4.68 Å². The summed E-state index contributed by atoms with van der Waals surface area (Å²) in [4.78, 5) is 12.4. The summed E-state index contributed by atoms with van der Waals surface area (Å²) in [6, 6.07) is 9.50. The molecule has 1 N–H and O–H groups in total. The first-order valence-corrected chi connectivity index (χ1v) is 7.49. The second kappa shape index (κ2) is 6.26. The SMILES string of the molecule is Cc1nn(C)c(C(=O)Nc2cccc(Cn3cccn3)c2)c1Cl. The van der Waals surface area contributed by atoms with Crippen LogP contribution in [0.2, 0.25) is 5.02 Å². The lowest BCUT2D eigenvalue weighted by atomic mass is 10.2. The molecule has 0 radical (unpaired) electrons. The van der Waals surface area contributed by atoms with Crippen molar-refractivity contribution in [1.82, 2.24) is 19.6 Å².